The van der Waals surface area contributed by atoms with Crippen molar-refractivity contribution in [3.05, 3.63) is 38.9 Å². The molecule has 0 spiro atoms. The Balaban J connectivity index is 2.06. The van der Waals surface area contributed by atoms with Crippen LogP contribution in [-0.4, -0.2) is 66.1 Å². The summed E-state index contributed by atoms with van der Waals surface area (Å²) in [6, 6.07) is 2.54. The number of halogens is 1. The molecule has 0 unspecified atom stereocenters. The predicted octanol–water partition coefficient (Wildman–Crippen LogP) is 1.79. The third kappa shape index (κ3) is 5.90. The summed E-state index contributed by atoms with van der Waals surface area (Å²) in [6.45, 7) is 6.54. The summed E-state index contributed by atoms with van der Waals surface area (Å²) in [6.07, 6.45) is -1.02. The van der Waals surface area contributed by atoms with Crippen molar-refractivity contribution < 1.29 is 28.8 Å². The third-order valence-electron chi connectivity index (χ3n) is 4.58. The van der Waals surface area contributed by atoms with E-state index in [1.165, 1.54) is 19.1 Å². The van der Waals surface area contributed by atoms with Crippen LogP contribution in [0.3, 0.4) is 0 Å². The summed E-state index contributed by atoms with van der Waals surface area (Å²) < 4.78 is 10.5. The third-order valence-corrected chi connectivity index (χ3v) is 4.90. The lowest BCUT2D eigenvalue weighted by molar-refractivity contribution is -0.384. The lowest BCUT2D eigenvalue weighted by Crippen LogP contribution is -2.49. The van der Waals surface area contributed by atoms with E-state index in [9.17, 15) is 24.5 Å². The topological polar surface area (TPSA) is 128 Å². The van der Waals surface area contributed by atoms with E-state index < -0.39 is 34.6 Å². The second kappa shape index (κ2) is 10.4. The van der Waals surface area contributed by atoms with Gasteiger partial charge in [-0.1, -0.05) is 25.4 Å². The average Bonchev–Trinajstić information content (AvgIpc) is 2.71. The molecule has 2 amide bonds. The van der Waals surface area contributed by atoms with Crippen LogP contribution >= 0.6 is 11.6 Å². The van der Waals surface area contributed by atoms with Gasteiger partial charge in [-0.25, -0.2) is 4.79 Å². The lowest BCUT2D eigenvalue weighted by atomic mass is 10.0. The molecular weight excluding hydrogens is 418 g/mol. The summed E-state index contributed by atoms with van der Waals surface area (Å²) in [5.74, 6) is -2.16. The molecule has 30 heavy (non-hydrogen) atoms. The molecule has 1 N–H and O–H groups in total. The van der Waals surface area contributed by atoms with Gasteiger partial charge in [0.15, 0.2) is 6.10 Å². The van der Waals surface area contributed by atoms with Crippen molar-refractivity contribution in [2.75, 3.05) is 26.3 Å². The van der Waals surface area contributed by atoms with Gasteiger partial charge in [-0.3, -0.25) is 19.7 Å². The van der Waals surface area contributed by atoms with E-state index in [1.807, 2.05) is 0 Å². The Bertz CT molecular complexity index is 824. The van der Waals surface area contributed by atoms with Crippen LogP contribution in [0.5, 0.6) is 0 Å². The molecule has 2 atom stereocenters. The number of carbonyl (C=O) groups excluding carboxylic acids is 3. The Hall–Kier alpha value is -2.72. The minimum Gasteiger partial charge on any atom is -0.451 e. The number of benzene rings is 1. The number of nitrogens with zero attached hydrogens (tertiary/aromatic N) is 2. The summed E-state index contributed by atoms with van der Waals surface area (Å²) in [5, 5.41) is 13.4. The molecule has 1 aromatic carbocycles. The highest BCUT2D eigenvalue weighted by molar-refractivity contribution is 6.32. The van der Waals surface area contributed by atoms with Gasteiger partial charge in [-0.05, 0) is 25.0 Å². The second-order valence-electron chi connectivity index (χ2n) is 7.14. The number of nitro groups is 1. The average molecular weight is 442 g/mol. The van der Waals surface area contributed by atoms with E-state index in [1.54, 1.807) is 18.7 Å². The van der Waals surface area contributed by atoms with Crippen LogP contribution in [0.2, 0.25) is 5.02 Å². The first-order valence-electron chi connectivity index (χ1n) is 9.43. The molecule has 1 saturated heterocycles. The molecule has 2 rings (SSSR count). The standard InChI is InChI=1S/C19H24ClN3O7/c1-11(2)16(19(26)30-12(3)18(25)22-6-8-29-9-7-22)21-17(24)13-4-5-14(20)15(10-13)23(27)28/h4-5,10-12,16H,6-9H2,1-3H3,(H,21,24)/t12-,16+/m1/s1. The van der Waals surface area contributed by atoms with E-state index in [4.69, 9.17) is 21.1 Å². The van der Waals surface area contributed by atoms with E-state index in [0.717, 1.165) is 6.07 Å². The molecule has 0 aliphatic carbocycles. The number of carbonyl (C=O) groups is 3. The van der Waals surface area contributed by atoms with Crippen molar-refractivity contribution >= 4 is 35.1 Å². The maximum absolute atomic E-state index is 12.6. The van der Waals surface area contributed by atoms with Gasteiger partial charge in [-0.15, -0.1) is 0 Å². The zero-order chi connectivity index (χ0) is 22.4. The van der Waals surface area contributed by atoms with Gasteiger partial charge in [0.2, 0.25) is 0 Å². The van der Waals surface area contributed by atoms with Crippen molar-refractivity contribution in [2.45, 2.75) is 32.9 Å². The summed E-state index contributed by atoms with van der Waals surface area (Å²) in [7, 11) is 0. The van der Waals surface area contributed by atoms with Crippen LogP contribution in [0.15, 0.2) is 18.2 Å². The quantitative estimate of drug-likeness (QED) is 0.388. The fourth-order valence-corrected chi connectivity index (χ4v) is 3.04. The second-order valence-corrected chi connectivity index (χ2v) is 7.54. The number of nitrogens with one attached hydrogen (secondary N) is 1. The molecule has 1 aliphatic rings. The summed E-state index contributed by atoms with van der Waals surface area (Å²) in [4.78, 5) is 49.5. The number of esters is 1. The summed E-state index contributed by atoms with van der Waals surface area (Å²) >= 11 is 5.76. The Kier molecular flexibility index (Phi) is 8.13. The van der Waals surface area contributed by atoms with Crippen LogP contribution in [0.1, 0.15) is 31.1 Å². The maximum Gasteiger partial charge on any atom is 0.329 e. The fourth-order valence-electron chi connectivity index (χ4n) is 2.85. The zero-order valence-electron chi connectivity index (χ0n) is 16.9. The molecule has 1 fully saturated rings. The number of nitro benzene ring substituents is 1. The highest BCUT2D eigenvalue weighted by atomic mass is 35.5. The first-order chi connectivity index (χ1) is 14.1. The number of rotatable bonds is 7. The number of hydrogen-bond acceptors (Lipinski definition) is 7. The van der Waals surface area contributed by atoms with Gasteiger partial charge >= 0.3 is 5.97 Å². The van der Waals surface area contributed by atoms with Crippen LogP contribution in [0.25, 0.3) is 0 Å². The highest BCUT2D eigenvalue weighted by Crippen LogP contribution is 2.25. The van der Waals surface area contributed by atoms with Crippen molar-refractivity contribution in [1.29, 1.82) is 0 Å². The van der Waals surface area contributed by atoms with Gasteiger partial charge in [0, 0.05) is 24.7 Å². The van der Waals surface area contributed by atoms with Crippen molar-refractivity contribution in [3.63, 3.8) is 0 Å². The van der Waals surface area contributed by atoms with Crippen LogP contribution in [0, 0.1) is 16.0 Å². The summed E-state index contributed by atoms with van der Waals surface area (Å²) in [5.41, 5.74) is -0.445. The highest BCUT2D eigenvalue weighted by Gasteiger charge is 2.31. The van der Waals surface area contributed by atoms with Crippen molar-refractivity contribution in [1.82, 2.24) is 10.2 Å². The number of morpholine rings is 1. The molecule has 1 heterocycles. The molecule has 0 saturated carbocycles. The predicted molar refractivity (Wildman–Crippen MR) is 107 cm³/mol. The first-order valence-corrected chi connectivity index (χ1v) is 9.81. The van der Waals surface area contributed by atoms with Crippen LogP contribution in [0.4, 0.5) is 5.69 Å². The monoisotopic (exact) mass is 441 g/mol. The molecule has 0 aromatic heterocycles. The smallest absolute Gasteiger partial charge is 0.329 e. The minimum atomic E-state index is -1.05. The number of ether oxygens (including phenoxy) is 2. The Morgan fingerprint density at radius 2 is 1.87 bits per heavy atom. The molecule has 11 heteroatoms. The molecule has 10 nitrogen and oxygen atoms in total. The molecule has 1 aromatic rings. The lowest BCUT2D eigenvalue weighted by Gasteiger charge is -2.30. The fraction of sp³-hybridized carbons (Fsp3) is 0.526. The van der Waals surface area contributed by atoms with E-state index in [-0.39, 0.29) is 22.4 Å². The van der Waals surface area contributed by atoms with Gasteiger partial charge in [0.25, 0.3) is 17.5 Å². The zero-order valence-corrected chi connectivity index (χ0v) is 17.7. The largest absolute Gasteiger partial charge is 0.451 e. The van der Waals surface area contributed by atoms with Crippen LogP contribution in [-0.2, 0) is 19.1 Å². The number of hydrogen-bond donors (Lipinski definition) is 1. The molecule has 0 bridgehead atoms. The molecular formula is C19H24ClN3O7. The van der Waals surface area contributed by atoms with E-state index >= 15 is 0 Å². The van der Waals surface area contributed by atoms with Crippen molar-refractivity contribution in [3.8, 4) is 0 Å². The minimum absolute atomic E-state index is 0.0259. The Labute approximate surface area is 178 Å². The van der Waals surface area contributed by atoms with E-state index in [2.05, 4.69) is 5.32 Å². The van der Waals surface area contributed by atoms with Crippen LogP contribution < -0.4 is 5.32 Å². The Morgan fingerprint density at radius 1 is 1.23 bits per heavy atom. The SMILES string of the molecule is CC(C)[C@H](NC(=O)c1ccc(Cl)c([N+](=O)[O-])c1)C(=O)O[C@H](C)C(=O)N1CCOCC1. The van der Waals surface area contributed by atoms with Crippen molar-refractivity contribution in [2.24, 2.45) is 5.92 Å². The molecule has 164 valence electrons. The first kappa shape index (κ1) is 23.6. The molecule has 1 aliphatic heterocycles. The maximum atomic E-state index is 12.6. The number of amides is 2. The van der Waals surface area contributed by atoms with Gasteiger partial charge < -0.3 is 19.7 Å². The molecule has 0 radical (unpaired) electrons. The normalized spacial score (nSPS) is 16.0. The van der Waals surface area contributed by atoms with Gasteiger partial charge in [-0.2, -0.15) is 0 Å². The Morgan fingerprint density at radius 3 is 2.43 bits per heavy atom. The van der Waals surface area contributed by atoms with E-state index in [0.29, 0.717) is 26.3 Å². The van der Waals surface area contributed by atoms with Gasteiger partial charge in [0.05, 0.1) is 18.1 Å². The van der Waals surface area contributed by atoms with Gasteiger partial charge in [0.1, 0.15) is 11.1 Å².